The van der Waals surface area contributed by atoms with Crippen LogP contribution in [0.4, 0.5) is 23.2 Å². The molecule has 0 atom stereocenters. The van der Waals surface area contributed by atoms with E-state index in [1.54, 1.807) is 36.4 Å². The largest absolute Gasteiger partial charge is 0.573 e. The Hall–Kier alpha value is -3.84. The normalized spacial score (nSPS) is 11.5. The molecular formula is C23H15BrF4N6OS. The molecule has 0 amide bonds. The van der Waals surface area contributed by atoms with E-state index in [1.165, 1.54) is 47.6 Å². The van der Waals surface area contributed by atoms with Crippen LogP contribution in [-0.4, -0.2) is 32.5 Å². The molecule has 0 bridgehead atoms. The van der Waals surface area contributed by atoms with Gasteiger partial charge in [-0.1, -0.05) is 30.3 Å². The van der Waals surface area contributed by atoms with E-state index in [0.29, 0.717) is 16.0 Å². The van der Waals surface area contributed by atoms with E-state index in [1.807, 2.05) is 0 Å². The topological polar surface area (TPSA) is 76.4 Å². The maximum atomic E-state index is 13.9. The van der Waals surface area contributed by atoms with E-state index in [4.69, 9.17) is 12.2 Å². The lowest BCUT2D eigenvalue weighted by Crippen LogP contribution is -2.24. The minimum absolute atomic E-state index is 0.112. The Balaban J connectivity index is 1.36. The number of rotatable bonds is 6. The van der Waals surface area contributed by atoms with Gasteiger partial charge in [0.05, 0.1) is 17.6 Å². The van der Waals surface area contributed by atoms with E-state index >= 15 is 0 Å². The van der Waals surface area contributed by atoms with Crippen molar-refractivity contribution in [2.24, 2.45) is 5.10 Å². The first kappa shape index (κ1) is 25.3. The van der Waals surface area contributed by atoms with E-state index < -0.39 is 12.2 Å². The van der Waals surface area contributed by atoms with Crippen LogP contribution in [0.15, 0.2) is 82.6 Å². The molecule has 1 heterocycles. The van der Waals surface area contributed by atoms with Crippen molar-refractivity contribution in [2.45, 2.75) is 6.36 Å². The van der Waals surface area contributed by atoms with E-state index in [-0.39, 0.29) is 16.5 Å². The molecule has 0 aliphatic heterocycles. The molecule has 2 N–H and O–H groups in total. The summed E-state index contributed by atoms with van der Waals surface area (Å²) in [5.41, 5.74) is 4.81. The molecule has 184 valence electrons. The van der Waals surface area contributed by atoms with Gasteiger partial charge in [0, 0.05) is 10.0 Å². The average Bonchev–Trinajstić information content (AvgIpc) is 3.32. The molecule has 0 spiro atoms. The first-order chi connectivity index (χ1) is 17.2. The number of para-hydroxylation sites is 1. The highest BCUT2D eigenvalue weighted by atomic mass is 79.9. The van der Waals surface area contributed by atoms with Gasteiger partial charge in [0.2, 0.25) is 0 Å². The van der Waals surface area contributed by atoms with Crippen LogP contribution < -0.4 is 15.5 Å². The first-order valence-electron chi connectivity index (χ1n) is 10.1. The minimum atomic E-state index is -4.75. The van der Waals surface area contributed by atoms with Gasteiger partial charge in [0.15, 0.2) is 10.9 Å². The third kappa shape index (κ3) is 6.64. The van der Waals surface area contributed by atoms with Crippen molar-refractivity contribution in [3.63, 3.8) is 0 Å². The molecule has 36 heavy (non-hydrogen) atoms. The number of halogens is 5. The highest BCUT2D eigenvalue weighted by Crippen LogP contribution is 2.25. The molecule has 1 aromatic heterocycles. The highest BCUT2D eigenvalue weighted by molar-refractivity contribution is 9.10. The lowest BCUT2D eigenvalue weighted by atomic mass is 10.1. The zero-order valence-electron chi connectivity index (χ0n) is 18.0. The number of hydrogen-bond donors (Lipinski definition) is 2. The molecule has 7 nitrogen and oxygen atoms in total. The molecule has 0 radical (unpaired) electrons. The Bertz CT molecular complexity index is 1370. The van der Waals surface area contributed by atoms with Crippen molar-refractivity contribution < 1.29 is 22.3 Å². The van der Waals surface area contributed by atoms with Crippen LogP contribution in [0.25, 0.3) is 17.1 Å². The van der Waals surface area contributed by atoms with Crippen LogP contribution >= 0.6 is 28.1 Å². The lowest BCUT2D eigenvalue weighted by Gasteiger charge is -2.09. The van der Waals surface area contributed by atoms with Crippen LogP contribution in [-0.2, 0) is 0 Å². The van der Waals surface area contributed by atoms with Gasteiger partial charge in [-0.2, -0.15) is 5.10 Å². The lowest BCUT2D eigenvalue weighted by molar-refractivity contribution is -0.274. The monoisotopic (exact) mass is 578 g/mol. The van der Waals surface area contributed by atoms with E-state index in [0.717, 1.165) is 11.1 Å². The summed E-state index contributed by atoms with van der Waals surface area (Å²) in [6.07, 6.45) is -1.77. The molecule has 4 rings (SSSR count). The second kappa shape index (κ2) is 10.8. The van der Waals surface area contributed by atoms with Gasteiger partial charge in [-0.15, -0.1) is 18.3 Å². The Morgan fingerprint density at radius 3 is 2.44 bits per heavy atom. The summed E-state index contributed by atoms with van der Waals surface area (Å²) >= 11 is 8.38. The van der Waals surface area contributed by atoms with Crippen LogP contribution in [0, 0.1) is 5.82 Å². The molecule has 4 aromatic rings. The summed E-state index contributed by atoms with van der Waals surface area (Å²) in [5.74, 6) is -0.361. The maximum absolute atomic E-state index is 13.9. The van der Waals surface area contributed by atoms with Gasteiger partial charge in [-0.3, -0.25) is 5.43 Å². The third-order valence-corrected chi connectivity index (χ3v) is 5.43. The van der Waals surface area contributed by atoms with Crippen molar-refractivity contribution in [1.82, 2.24) is 20.2 Å². The fourth-order valence-electron chi connectivity index (χ4n) is 2.96. The Kier molecular flexibility index (Phi) is 7.60. The predicted octanol–water partition coefficient (Wildman–Crippen LogP) is 6.06. The SMILES string of the molecule is Fc1cccc(Br)c1NC(=S)N/N=C/c1ccc(-c2ncn(-c3ccc(OC(F)(F)F)cc3)n2)cc1. The third-order valence-electron chi connectivity index (χ3n) is 4.58. The Labute approximate surface area is 215 Å². The smallest absolute Gasteiger partial charge is 0.406 e. The summed E-state index contributed by atoms with van der Waals surface area (Å²) in [4.78, 5) is 4.25. The van der Waals surface area contributed by atoms with Crippen molar-refractivity contribution in [3.05, 3.63) is 88.9 Å². The number of aromatic nitrogens is 3. The number of hydrogen-bond acceptors (Lipinski definition) is 5. The standard InChI is InChI=1S/C23H15BrF4N6OS/c24-18-2-1-3-19(25)20(18)31-22(36)32-30-12-14-4-6-15(7-5-14)21-29-13-34(33-21)16-8-10-17(11-9-16)35-23(26,27)28/h1-13H,(H2,31,32,36)/b30-12+. The summed E-state index contributed by atoms with van der Waals surface area (Å²) in [6.45, 7) is 0. The van der Waals surface area contributed by atoms with Crippen LogP contribution in [0.1, 0.15) is 5.56 Å². The van der Waals surface area contributed by atoms with Crippen LogP contribution in [0.5, 0.6) is 5.75 Å². The number of ether oxygens (including phenoxy) is 1. The highest BCUT2D eigenvalue weighted by Gasteiger charge is 2.31. The summed E-state index contributed by atoms with van der Waals surface area (Å²) in [6, 6.07) is 17.0. The van der Waals surface area contributed by atoms with Gasteiger partial charge in [-0.05, 0) is 70.1 Å². The molecule has 0 aliphatic rings. The number of benzene rings is 3. The molecule has 0 fully saturated rings. The fraction of sp³-hybridized carbons (Fsp3) is 0.0435. The van der Waals surface area contributed by atoms with Crippen molar-refractivity contribution >= 4 is 45.2 Å². The van der Waals surface area contributed by atoms with Gasteiger partial charge in [0.25, 0.3) is 0 Å². The van der Waals surface area contributed by atoms with Crippen LogP contribution in [0.3, 0.4) is 0 Å². The number of thiocarbonyl (C=S) groups is 1. The zero-order valence-corrected chi connectivity index (χ0v) is 20.4. The Morgan fingerprint density at radius 1 is 1.06 bits per heavy atom. The zero-order chi connectivity index (χ0) is 25.7. The number of nitrogens with one attached hydrogen (secondary N) is 2. The Morgan fingerprint density at radius 2 is 1.78 bits per heavy atom. The number of anilines is 1. The van der Waals surface area contributed by atoms with Crippen molar-refractivity contribution in [2.75, 3.05) is 5.32 Å². The van der Waals surface area contributed by atoms with Gasteiger partial charge in [-0.25, -0.2) is 14.1 Å². The van der Waals surface area contributed by atoms with E-state index in [2.05, 4.69) is 46.6 Å². The number of alkyl halides is 3. The summed E-state index contributed by atoms with van der Waals surface area (Å²) in [7, 11) is 0. The molecule has 3 aromatic carbocycles. The molecule has 0 saturated heterocycles. The molecule has 0 saturated carbocycles. The quantitative estimate of drug-likeness (QED) is 0.125. The molecule has 0 unspecified atom stereocenters. The van der Waals surface area contributed by atoms with Crippen LogP contribution in [0.2, 0.25) is 0 Å². The molecule has 13 heteroatoms. The van der Waals surface area contributed by atoms with Gasteiger partial charge < -0.3 is 10.1 Å². The molecule has 0 aliphatic carbocycles. The second-order valence-corrected chi connectivity index (χ2v) is 8.36. The van der Waals surface area contributed by atoms with Gasteiger partial charge in [0.1, 0.15) is 17.9 Å². The van der Waals surface area contributed by atoms with E-state index in [9.17, 15) is 17.6 Å². The number of hydrazone groups is 1. The maximum Gasteiger partial charge on any atom is 0.573 e. The summed E-state index contributed by atoms with van der Waals surface area (Å²) < 4.78 is 56.6. The molecular weight excluding hydrogens is 564 g/mol. The fourth-order valence-corrected chi connectivity index (χ4v) is 3.56. The average molecular weight is 579 g/mol. The summed E-state index contributed by atoms with van der Waals surface area (Å²) in [5, 5.41) is 11.2. The van der Waals surface area contributed by atoms with Crippen molar-refractivity contribution in [3.8, 4) is 22.8 Å². The number of nitrogens with zero attached hydrogens (tertiary/aromatic N) is 4. The van der Waals surface area contributed by atoms with Gasteiger partial charge >= 0.3 is 6.36 Å². The second-order valence-electron chi connectivity index (χ2n) is 7.10. The first-order valence-corrected chi connectivity index (χ1v) is 11.3. The minimum Gasteiger partial charge on any atom is -0.406 e. The van der Waals surface area contributed by atoms with Crippen molar-refractivity contribution in [1.29, 1.82) is 0 Å². The predicted molar refractivity (Wildman–Crippen MR) is 135 cm³/mol.